The highest BCUT2D eigenvalue weighted by Crippen LogP contribution is 2.34. The summed E-state index contributed by atoms with van der Waals surface area (Å²) in [5.74, 6) is -0.681. The van der Waals surface area contributed by atoms with E-state index in [0.29, 0.717) is 27.5 Å². The van der Waals surface area contributed by atoms with Crippen molar-refractivity contribution in [2.24, 2.45) is 0 Å². The molecule has 2 amide bonds. The number of thiophene rings is 1. The smallest absolute Gasteiger partial charge is 0.341 e. The number of hydrogen-bond donors (Lipinski definition) is 2. The average Bonchev–Trinajstić information content (AvgIpc) is 3.08. The Kier molecular flexibility index (Phi) is 6.14. The van der Waals surface area contributed by atoms with E-state index < -0.39 is 5.97 Å². The van der Waals surface area contributed by atoms with Crippen LogP contribution in [0.25, 0.3) is 0 Å². The third-order valence-electron chi connectivity index (χ3n) is 3.83. The van der Waals surface area contributed by atoms with Crippen LogP contribution in [0.15, 0.2) is 4.52 Å². The van der Waals surface area contributed by atoms with Crippen LogP contribution in [0.5, 0.6) is 0 Å². The van der Waals surface area contributed by atoms with E-state index in [1.165, 1.54) is 7.05 Å². The number of ether oxygens (including phenoxy) is 1. The van der Waals surface area contributed by atoms with Crippen molar-refractivity contribution in [2.45, 2.75) is 34.1 Å². The van der Waals surface area contributed by atoms with Gasteiger partial charge in [-0.15, -0.1) is 11.3 Å². The first-order chi connectivity index (χ1) is 12.3. The standard InChI is InChI=1S/C17H21N3O5S/c1-6-24-17(23)13-8(2)14(15(22)18-5)26-16(13)19-12(21)7-11-9(3)20-25-10(11)4/h6-7H2,1-5H3,(H,18,22)(H,19,21). The number of esters is 1. The molecule has 2 aromatic rings. The molecule has 2 aromatic heterocycles. The maximum atomic E-state index is 12.5. The Labute approximate surface area is 154 Å². The number of aromatic nitrogens is 1. The molecule has 0 radical (unpaired) electrons. The monoisotopic (exact) mass is 379 g/mol. The maximum Gasteiger partial charge on any atom is 0.341 e. The lowest BCUT2D eigenvalue weighted by atomic mass is 10.1. The molecule has 8 nitrogen and oxygen atoms in total. The molecule has 2 N–H and O–H groups in total. The zero-order chi connectivity index (χ0) is 19.4. The lowest BCUT2D eigenvalue weighted by Gasteiger charge is -2.07. The molecule has 0 saturated heterocycles. The average molecular weight is 379 g/mol. The van der Waals surface area contributed by atoms with Gasteiger partial charge in [0.05, 0.1) is 29.2 Å². The van der Waals surface area contributed by atoms with Gasteiger partial charge in [0.2, 0.25) is 5.91 Å². The first-order valence-electron chi connectivity index (χ1n) is 8.04. The second kappa shape index (κ2) is 8.13. The van der Waals surface area contributed by atoms with Crippen molar-refractivity contribution in [2.75, 3.05) is 19.0 Å². The molecule has 0 aliphatic carbocycles. The number of carbonyl (C=O) groups excluding carboxylic acids is 3. The van der Waals surface area contributed by atoms with Gasteiger partial charge in [0.25, 0.3) is 5.91 Å². The van der Waals surface area contributed by atoms with Crippen LogP contribution in [0.1, 0.15) is 49.5 Å². The van der Waals surface area contributed by atoms with Crippen LogP contribution in [-0.2, 0) is 16.0 Å². The van der Waals surface area contributed by atoms with Crippen molar-refractivity contribution in [3.05, 3.63) is 33.0 Å². The quantitative estimate of drug-likeness (QED) is 0.746. The molecule has 0 unspecified atom stereocenters. The van der Waals surface area contributed by atoms with Crippen molar-refractivity contribution in [3.63, 3.8) is 0 Å². The summed E-state index contributed by atoms with van der Waals surface area (Å²) in [5, 5.41) is 9.34. The highest BCUT2D eigenvalue weighted by Gasteiger charge is 2.26. The van der Waals surface area contributed by atoms with Crippen LogP contribution in [0, 0.1) is 20.8 Å². The summed E-state index contributed by atoms with van der Waals surface area (Å²) in [6, 6.07) is 0. The number of amides is 2. The molecule has 0 aromatic carbocycles. The van der Waals surface area contributed by atoms with E-state index in [9.17, 15) is 14.4 Å². The molecule has 0 spiro atoms. The summed E-state index contributed by atoms with van der Waals surface area (Å²) >= 11 is 1.04. The lowest BCUT2D eigenvalue weighted by Crippen LogP contribution is -2.18. The molecule has 0 fully saturated rings. The van der Waals surface area contributed by atoms with Crippen LogP contribution in [0.3, 0.4) is 0 Å². The predicted octanol–water partition coefficient (Wildman–Crippen LogP) is 2.38. The van der Waals surface area contributed by atoms with E-state index in [-0.39, 0.29) is 35.4 Å². The topological polar surface area (TPSA) is 111 Å². The largest absolute Gasteiger partial charge is 0.462 e. The second-order valence-electron chi connectivity index (χ2n) is 5.59. The summed E-state index contributed by atoms with van der Waals surface area (Å²) in [7, 11) is 1.50. The third-order valence-corrected chi connectivity index (χ3v) is 5.04. The molecule has 26 heavy (non-hydrogen) atoms. The molecular weight excluding hydrogens is 358 g/mol. The Bertz CT molecular complexity index is 833. The Morgan fingerprint density at radius 2 is 1.92 bits per heavy atom. The van der Waals surface area contributed by atoms with Crippen LogP contribution in [0.4, 0.5) is 5.00 Å². The summed E-state index contributed by atoms with van der Waals surface area (Å²) in [6.07, 6.45) is 0.0513. The van der Waals surface area contributed by atoms with Crippen molar-refractivity contribution in [3.8, 4) is 0 Å². The molecule has 9 heteroatoms. The van der Waals surface area contributed by atoms with Gasteiger partial charge in [-0.25, -0.2) is 4.79 Å². The van der Waals surface area contributed by atoms with Crippen LogP contribution < -0.4 is 10.6 Å². The second-order valence-corrected chi connectivity index (χ2v) is 6.61. The maximum absolute atomic E-state index is 12.5. The van der Waals surface area contributed by atoms with Crippen molar-refractivity contribution >= 4 is 34.1 Å². The molecule has 2 heterocycles. The van der Waals surface area contributed by atoms with Gasteiger partial charge in [-0.3, -0.25) is 9.59 Å². The molecule has 0 aliphatic heterocycles. The van der Waals surface area contributed by atoms with E-state index in [4.69, 9.17) is 9.26 Å². The van der Waals surface area contributed by atoms with Gasteiger partial charge >= 0.3 is 5.97 Å². The predicted molar refractivity (Wildman–Crippen MR) is 96.7 cm³/mol. The molecular formula is C17H21N3O5S. The Morgan fingerprint density at radius 3 is 2.46 bits per heavy atom. The number of nitrogens with one attached hydrogen (secondary N) is 2. The number of nitrogens with zero attached hydrogens (tertiary/aromatic N) is 1. The fourth-order valence-corrected chi connectivity index (χ4v) is 3.62. The van der Waals surface area contributed by atoms with E-state index in [0.717, 1.165) is 11.3 Å². The van der Waals surface area contributed by atoms with Crippen molar-refractivity contribution in [1.82, 2.24) is 10.5 Å². The van der Waals surface area contributed by atoms with E-state index >= 15 is 0 Å². The third kappa shape index (κ3) is 3.93. The normalized spacial score (nSPS) is 10.5. The zero-order valence-electron chi connectivity index (χ0n) is 15.3. The molecule has 0 bridgehead atoms. The van der Waals surface area contributed by atoms with E-state index in [1.54, 1.807) is 27.7 Å². The zero-order valence-corrected chi connectivity index (χ0v) is 16.1. The minimum Gasteiger partial charge on any atom is -0.462 e. The SMILES string of the molecule is CCOC(=O)c1c(NC(=O)Cc2c(C)noc2C)sc(C(=O)NC)c1C. The van der Waals surface area contributed by atoms with Gasteiger partial charge in [-0.1, -0.05) is 5.16 Å². The summed E-state index contributed by atoms with van der Waals surface area (Å²) in [6.45, 7) is 7.01. The Hall–Kier alpha value is -2.68. The van der Waals surface area contributed by atoms with E-state index in [1.807, 2.05) is 0 Å². The minimum absolute atomic E-state index is 0.0513. The summed E-state index contributed by atoms with van der Waals surface area (Å²) in [5.41, 5.74) is 2.00. The van der Waals surface area contributed by atoms with Gasteiger partial charge in [-0.05, 0) is 33.3 Å². The van der Waals surface area contributed by atoms with Crippen LogP contribution in [-0.4, -0.2) is 36.6 Å². The van der Waals surface area contributed by atoms with Crippen LogP contribution >= 0.6 is 11.3 Å². The van der Waals surface area contributed by atoms with Crippen LogP contribution in [0.2, 0.25) is 0 Å². The van der Waals surface area contributed by atoms with Gasteiger partial charge in [0.15, 0.2) is 0 Å². The van der Waals surface area contributed by atoms with Crippen molar-refractivity contribution < 1.29 is 23.6 Å². The summed E-state index contributed by atoms with van der Waals surface area (Å²) < 4.78 is 10.1. The highest BCUT2D eigenvalue weighted by molar-refractivity contribution is 7.18. The molecule has 0 aliphatic rings. The minimum atomic E-state index is -0.580. The van der Waals surface area contributed by atoms with Gasteiger partial charge < -0.3 is 19.9 Å². The fourth-order valence-electron chi connectivity index (χ4n) is 2.47. The molecule has 140 valence electrons. The first-order valence-corrected chi connectivity index (χ1v) is 8.85. The Morgan fingerprint density at radius 1 is 1.23 bits per heavy atom. The van der Waals surface area contributed by atoms with Gasteiger partial charge in [0, 0.05) is 12.6 Å². The first kappa shape index (κ1) is 19.6. The number of rotatable bonds is 6. The highest BCUT2D eigenvalue weighted by atomic mass is 32.1. The van der Waals surface area contributed by atoms with Crippen molar-refractivity contribution in [1.29, 1.82) is 0 Å². The molecule has 0 saturated carbocycles. The number of hydrogen-bond acceptors (Lipinski definition) is 7. The number of anilines is 1. The Balaban J connectivity index is 2.33. The van der Waals surface area contributed by atoms with Gasteiger partial charge in [0.1, 0.15) is 10.8 Å². The summed E-state index contributed by atoms with van der Waals surface area (Å²) in [4.78, 5) is 37.1. The molecule has 0 atom stereocenters. The number of aryl methyl sites for hydroxylation is 2. The number of carbonyl (C=O) groups is 3. The van der Waals surface area contributed by atoms with Gasteiger partial charge in [-0.2, -0.15) is 0 Å². The molecule has 2 rings (SSSR count). The fraction of sp³-hybridized carbons (Fsp3) is 0.412. The lowest BCUT2D eigenvalue weighted by molar-refractivity contribution is -0.115. The van der Waals surface area contributed by atoms with E-state index in [2.05, 4.69) is 15.8 Å².